The lowest BCUT2D eigenvalue weighted by Crippen LogP contribution is -2.63. The average Bonchev–Trinajstić information content (AvgIpc) is 2.91. The molecule has 18 nitrogen and oxygen atoms in total. The van der Waals surface area contributed by atoms with Crippen molar-refractivity contribution in [3.63, 3.8) is 0 Å². The standard InChI is InChI=1S/C28H38O18S/c1-11(29)37-9-19-21(38-12(2)30)24(41-15(5)33)26(43-17(7)35)28(46-19)47-10-20-22(39-13(3)31)23(40-14(4)32)25(42-16(6)34)27(45-20)44-18(8)36/h19-28H,9-10H2,1-8H3/t19-,20-,21-,22-,23+,24+,25-,26-,27?,28+/m1/s1. The van der Waals surface area contributed by atoms with Crippen molar-refractivity contribution >= 4 is 59.5 Å². The highest BCUT2D eigenvalue weighted by atomic mass is 32.2. The summed E-state index contributed by atoms with van der Waals surface area (Å²) in [5.41, 5.74) is -1.26. The predicted molar refractivity (Wildman–Crippen MR) is 152 cm³/mol. The van der Waals surface area contributed by atoms with Gasteiger partial charge in [0.1, 0.15) is 24.3 Å². The average molecular weight is 695 g/mol. The first-order valence-corrected chi connectivity index (χ1v) is 15.2. The summed E-state index contributed by atoms with van der Waals surface area (Å²) >= 11 is 0.855. The van der Waals surface area contributed by atoms with Gasteiger partial charge in [0.2, 0.25) is 12.4 Å². The van der Waals surface area contributed by atoms with Crippen LogP contribution in [0.15, 0.2) is 0 Å². The van der Waals surface area contributed by atoms with Gasteiger partial charge in [0, 0.05) is 61.1 Å². The minimum absolute atomic E-state index is 0.256. The molecule has 0 aromatic heterocycles. The Morgan fingerprint density at radius 1 is 0.447 bits per heavy atom. The summed E-state index contributed by atoms with van der Waals surface area (Å²) in [5.74, 6) is -6.87. The van der Waals surface area contributed by atoms with Crippen LogP contribution >= 0.6 is 11.8 Å². The van der Waals surface area contributed by atoms with Crippen LogP contribution in [0, 0.1) is 0 Å². The van der Waals surface area contributed by atoms with E-state index in [1.807, 2.05) is 0 Å². The topological polar surface area (TPSA) is 229 Å². The lowest BCUT2D eigenvalue weighted by molar-refractivity contribution is -0.292. The molecule has 0 aromatic carbocycles. The van der Waals surface area contributed by atoms with Gasteiger partial charge < -0.3 is 47.4 Å². The number of carbonyl (C=O) groups excluding carboxylic acids is 8. The van der Waals surface area contributed by atoms with Crippen LogP contribution < -0.4 is 0 Å². The van der Waals surface area contributed by atoms with E-state index in [2.05, 4.69) is 0 Å². The van der Waals surface area contributed by atoms with E-state index in [9.17, 15) is 38.4 Å². The molecule has 2 heterocycles. The third-order valence-electron chi connectivity index (χ3n) is 6.15. The Bertz CT molecular complexity index is 1200. The molecular formula is C28H38O18S. The lowest BCUT2D eigenvalue weighted by Gasteiger charge is -2.46. The fourth-order valence-electron chi connectivity index (χ4n) is 4.76. The summed E-state index contributed by atoms with van der Waals surface area (Å²) in [4.78, 5) is 96.1. The van der Waals surface area contributed by atoms with Gasteiger partial charge in [-0.05, 0) is 0 Å². The largest absolute Gasteiger partial charge is 0.463 e. The van der Waals surface area contributed by atoms with Gasteiger partial charge >= 0.3 is 47.8 Å². The van der Waals surface area contributed by atoms with E-state index in [4.69, 9.17) is 47.4 Å². The van der Waals surface area contributed by atoms with Crippen LogP contribution in [0.4, 0.5) is 0 Å². The first-order valence-electron chi connectivity index (χ1n) is 14.2. The Labute approximate surface area is 273 Å². The Morgan fingerprint density at radius 2 is 0.830 bits per heavy atom. The quantitative estimate of drug-likeness (QED) is 0.192. The van der Waals surface area contributed by atoms with E-state index in [-0.39, 0.29) is 5.75 Å². The molecule has 0 amide bonds. The summed E-state index contributed by atoms with van der Waals surface area (Å²) in [6.45, 7) is 8.07. The number of hydrogen-bond donors (Lipinski definition) is 0. The minimum atomic E-state index is -1.64. The third kappa shape index (κ3) is 12.3. The molecule has 0 aromatic rings. The molecule has 2 aliphatic rings. The van der Waals surface area contributed by atoms with Crippen LogP contribution in [0.3, 0.4) is 0 Å². The van der Waals surface area contributed by atoms with Crippen LogP contribution in [0.1, 0.15) is 55.4 Å². The molecule has 2 aliphatic heterocycles. The maximum Gasteiger partial charge on any atom is 0.305 e. The molecule has 0 aliphatic carbocycles. The highest BCUT2D eigenvalue weighted by Gasteiger charge is 2.55. The normalized spacial score (nSPS) is 30.0. The van der Waals surface area contributed by atoms with Gasteiger partial charge in [0.05, 0.1) is 0 Å². The maximum absolute atomic E-state index is 12.2. The first kappa shape index (κ1) is 39.2. The van der Waals surface area contributed by atoms with Crippen molar-refractivity contribution in [3.8, 4) is 0 Å². The zero-order chi connectivity index (χ0) is 35.6. The van der Waals surface area contributed by atoms with E-state index in [1.54, 1.807) is 0 Å². The van der Waals surface area contributed by atoms with Crippen LogP contribution in [-0.2, 0) is 85.7 Å². The van der Waals surface area contributed by atoms with Gasteiger partial charge in [0.25, 0.3) is 0 Å². The summed E-state index contributed by atoms with van der Waals surface area (Å²) in [7, 11) is 0. The zero-order valence-electron chi connectivity index (χ0n) is 26.9. The summed E-state index contributed by atoms with van der Waals surface area (Å²) < 4.78 is 54.6. The van der Waals surface area contributed by atoms with Crippen LogP contribution in [0.25, 0.3) is 0 Å². The molecule has 1 unspecified atom stereocenters. The van der Waals surface area contributed by atoms with Crippen molar-refractivity contribution in [1.29, 1.82) is 0 Å². The molecule has 2 fully saturated rings. The molecule has 2 rings (SSSR count). The number of esters is 8. The van der Waals surface area contributed by atoms with Crippen LogP contribution in [-0.4, -0.2) is 121 Å². The molecule has 10 atom stereocenters. The fourth-order valence-corrected chi connectivity index (χ4v) is 6.03. The van der Waals surface area contributed by atoms with Gasteiger partial charge in [-0.3, -0.25) is 38.4 Å². The minimum Gasteiger partial charge on any atom is -0.463 e. The lowest BCUT2D eigenvalue weighted by atomic mass is 9.98. The Hall–Kier alpha value is -3.97. The van der Waals surface area contributed by atoms with Gasteiger partial charge in [-0.25, -0.2) is 0 Å². The van der Waals surface area contributed by atoms with Crippen LogP contribution in [0.5, 0.6) is 0 Å². The maximum atomic E-state index is 12.2. The van der Waals surface area contributed by atoms with Gasteiger partial charge in [-0.2, -0.15) is 0 Å². The third-order valence-corrected chi connectivity index (χ3v) is 7.38. The highest BCUT2D eigenvalue weighted by molar-refractivity contribution is 7.99. The number of thioether (sulfide) groups is 1. The van der Waals surface area contributed by atoms with Crippen molar-refractivity contribution in [3.05, 3.63) is 0 Å². The van der Waals surface area contributed by atoms with Gasteiger partial charge in [-0.1, -0.05) is 0 Å². The second-order valence-electron chi connectivity index (χ2n) is 10.3. The van der Waals surface area contributed by atoms with E-state index in [1.165, 1.54) is 0 Å². The van der Waals surface area contributed by atoms with E-state index in [0.29, 0.717) is 0 Å². The molecule has 47 heavy (non-hydrogen) atoms. The van der Waals surface area contributed by atoms with E-state index in [0.717, 1.165) is 67.2 Å². The fraction of sp³-hybridized carbons (Fsp3) is 0.714. The number of hydrogen-bond acceptors (Lipinski definition) is 19. The molecule has 0 saturated carbocycles. The second kappa shape index (κ2) is 17.8. The second-order valence-corrected chi connectivity index (χ2v) is 11.4. The van der Waals surface area contributed by atoms with E-state index >= 15 is 0 Å². The molecule has 19 heteroatoms. The van der Waals surface area contributed by atoms with Crippen molar-refractivity contribution in [2.75, 3.05) is 12.4 Å². The van der Waals surface area contributed by atoms with Gasteiger partial charge in [0.15, 0.2) is 30.5 Å². The van der Waals surface area contributed by atoms with E-state index < -0.39 is 115 Å². The van der Waals surface area contributed by atoms with Crippen molar-refractivity contribution in [2.24, 2.45) is 0 Å². The monoisotopic (exact) mass is 694 g/mol. The van der Waals surface area contributed by atoms with Crippen LogP contribution in [0.2, 0.25) is 0 Å². The summed E-state index contributed by atoms with van der Waals surface area (Å²) in [6.07, 6.45) is -13.0. The van der Waals surface area contributed by atoms with Gasteiger partial charge in [-0.15, -0.1) is 11.8 Å². The molecule has 0 N–H and O–H groups in total. The molecule has 0 spiro atoms. The highest BCUT2D eigenvalue weighted by Crippen LogP contribution is 2.37. The molecule has 2 saturated heterocycles. The molecule has 0 bridgehead atoms. The Kier molecular flexibility index (Phi) is 14.9. The molecule has 264 valence electrons. The zero-order valence-corrected chi connectivity index (χ0v) is 27.8. The number of rotatable bonds is 12. The Morgan fingerprint density at radius 3 is 1.28 bits per heavy atom. The SMILES string of the molecule is CC(=O)OC[C@H]1O[C@@H](SC[C@H]2OC(OC(C)=O)[C@H](OC(C)=O)[C@@H](OC(C)=O)[C@@H]2OC(C)=O)[C@H](OC(C)=O)[C@@H](OC(C)=O)[C@@H]1OC(C)=O. The molecular weight excluding hydrogens is 656 g/mol. The number of carbonyl (C=O) groups is 8. The smallest absolute Gasteiger partial charge is 0.305 e. The van der Waals surface area contributed by atoms with Crippen molar-refractivity contribution in [2.45, 2.75) is 116 Å². The van der Waals surface area contributed by atoms with Crippen molar-refractivity contribution in [1.82, 2.24) is 0 Å². The molecule has 0 radical (unpaired) electrons. The predicted octanol–water partition coefficient (Wildman–Crippen LogP) is -0.114. The summed E-state index contributed by atoms with van der Waals surface area (Å²) in [5, 5.41) is 0. The van der Waals surface area contributed by atoms with Crippen molar-refractivity contribution < 1.29 is 85.7 Å². The Balaban J connectivity index is 2.56. The summed E-state index contributed by atoms with van der Waals surface area (Å²) in [6, 6.07) is 0. The number of ether oxygens (including phenoxy) is 10. The first-order chi connectivity index (χ1) is 21.9.